The Balaban J connectivity index is 1.91. The van der Waals surface area contributed by atoms with Gasteiger partial charge in [-0.25, -0.2) is 0 Å². The molecular weight excluding hydrogens is 320 g/mol. The van der Waals surface area contributed by atoms with Crippen molar-refractivity contribution in [2.45, 2.75) is 116 Å². The summed E-state index contributed by atoms with van der Waals surface area (Å²) in [6.07, 6.45) is 3.39. The van der Waals surface area contributed by atoms with Gasteiger partial charge in [0, 0.05) is 6.42 Å². The van der Waals surface area contributed by atoms with Crippen molar-refractivity contribution in [2.24, 2.45) is 0 Å². The second kappa shape index (κ2) is 9.14. The lowest BCUT2D eigenvalue weighted by atomic mass is 9.94. The van der Waals surface area contributed by atoms with E-state index in [1.807, 2.05) is 13.8 Å². The zero-order valence-electron chi connectivity index (χ0n) is 17.1. The van der Waals surface area contributed by atoms with Crippen LogP contribution in [0.3, 0.4) is 0 Å². The van der Waals surface area contributed by atoms with Crippen molar-refractivity contribution in [1.82, 2.24) is 0 Å². The molecule has 2 aliphatic rings. The first-order valence-electron chi connectivity index (χ1n) is 10.00. The quantitative estimate of drug-likeness (QED) is 0.595. The summed E-state index contributed by atoms with van der Waals surface area (Å²) in [4.78, 5) is 0. The first kappa shape index (κ1) is 21.1. The Kier molecular flexibility index (Phi) is 7.71. The van der Waals surface area contributed by atoms with Crippen LogP contribution in [0.4, 0.5) is 0 Å². The van der Waals surface area contributed by atoms with Crippen LogP contribution in [-0.2, 0) is 23.7 Å². The summed E-state index contributed by atoms with van der Waals surface area (Å²) in [5.74, 6) is 0. The lowest BCUT2D eigenvalue weighted by molar-refractivity contribution is -0.144. The molecule has 2 aliphatic heterocycles. The molecule has 0 spiro atoms. The molecular formula is C20H38O5. The van der Waals surface area contributed by atoms with Crippen LogP contribution in [0.25, 0.3) is 0 Å². The molecule has 7 atom stereocenters. The van der Waals surface area contributed by atoms with Crippen molar-refractivity contribution < 1.29 is 23.7 Å². The number of rotatable bonds is 10. The monoisotopic (exact) mass is 358 g/mol. The third-order valence-electron chi connectivity index (χ3n) is 5.35. The van der Waals surface area contributed by atoms with E-state index in [9.17, 15) is 0 Å². The SMILES string of the molecule is CCC(C)OC(C)CC(C)(CC)OC1COC2C(OC(C)C)COC12. The minimum atomic E-state index is -0.240. The van der Waals surface area contributed by atoms with Crippen LogP contribution in [0.1, 0.15) is 67.7 Å². The van der Waals surface area contributed by atoms with Gasteiger partial charge >= 0.3 is 0 Å². The second-order valence-corrected chi connectivity index (χ2v) is 8.15. The fraction of sp³-hybridized carbons (Fsp3) is 1.00. The van der Waals surface area contributed by atoms with E-state index >= 15 is 0 Å². The summed E-state index contributed by atoms with van der Waals surface area (Å²) in [6, 6.07) is 0. The van der Waals surface area contributed by atoms with Gasteiger partial charge in [-0.3, -0.25) is 0 Å². The van der Waals surface area contributed by atoms with Crippen molar-refractivity contribution in [3.8, 4) is 0 Å². The van der Waals surface area contributed by atoms with Crippen LogP contribution in [0.2, 0.25) is 0 Å². The summed E-state index contributed by atoms with van der Waals surface area (Å²) < 4.78 is 30.4. The number of hydrogen-bond donors (Lipinski definition) is 0. The minimum absolute atomic E-state index is 0.0118. The van der Waals surface area contributed by atoms with E-state index in [2.05, 4.69) is 34.6 Å². The van der Waals surface area contributed by atoms with E-state index in [1.54, 1.807) is 0 Å². The zero-order chi connectivity index (χ0) is 18.6. The molecule has 5 heteroatoms. The van der Waals surface area contributed by atoms with Crippen molar-refractivity contribution in [2.75, 3.05) is 13.2 Å². The highest BCUT2D eigenvalue weighted by Crippen LogP contribution is 2.35. The van der Waals surface area contributed by atoms with Gasteiger partial charge < -0.3 is 23.7 Å². The van der Waals surface area contributed by atoms with Crippen molar-refractivity contribution in [3.05, 3.63) is 0 Å². The predicted molar refractivity (Wildman–Crippen MR) is 98.0 cm³/mol. The fourth-order valence-electron chi connectivity index (χ4n) is 3.79. The lowest BCUT2D eigenvalue weighted by Crippen LogP contribution is -2.42. The third kappa shape index (κ3) is 5.64. The summed E-state index contributed by atoms with van der Waals surface area (Å²) in [6.45, 7) is 16.0. The number of fused-ring (bicyclic) bond motifs is 1. The normalized spacial score (nSPS) is 34.1. The molecule has 0 radical (unpaired) electrons. The molecule has 0 bridgehead atoms. The Morgan fingerprint density at radius 3 is 2.12 bits per heavy atom. The van der Waals surface area contributed by atoms with E-state index in [0.29, 0.717) is 13.2 Å². The molecule has 5 nitrogen and oxygen atoms in total. The zero-order valence-corrected chi connectivity index (χ0v) is 17.1. The minimum Gasteiger partial charge on any atom is -0.375 e. The average Bonchev–Trinajstić information content (AvgIpc) is 3.10. The number of hydrogen-bond acceptors (Lipinski definition) is 5. The average molecular weight is 359 g/mol. The molecule has 0 saturated carbocycles. The van der Waals surface area contributed by atoms with Gasteiger partial charge in [0.05, 0.1) is 37.1 Å². The Morgan fingerprint density at radius 1 is 0.960 bits per heavy atom. The van der Waals surface area contributed by atoms with E-state index in [1.165, 1.54) is 0 Å². The van der Waals surface area contributed by atoms with Crippen LogP contribution in [-0.4, -0.2) is 61.5 Å². The first-order valence-corrected chi connectivity index (χ1v) is 10.00. The Morgan fingerprint density at radius 2 is 1.56 bits per heavy atom. The fourth-order valence-corrected chi connectivity index (χ4v) is 3.79. The second-order valence-electron chi connectivity index (χ2n) is 8.15. The molecule has 0 aromatic rings. The standard InChI is InChI=1S/C20H38O5/c1-8-14(5)24-15(6)10-20(7,9-2)25-17-12-22-18-16(23-13(3)4)11-21-19(17)18/h13-19H,8-12H2,1-7H3. The van der Waals surface area contributed by atoms with E-state index < -0.39 is 0 Å². The smallest absolute Gasteiger partial charge is 0.115 e. The van der Waals surface area contributed by atoms with Gasteiger partial charge in [-0.15, -0.1) is 0 Å². The summed E-state index contributed by atoms with van der Waals surface area (Å²) in [5, 5.41) is 0. The maximum absolute atomic E-state index is 6.52. The highest BCUT2D eigenvalue weighted by Gasteiger charge is 2.50. The molecule has 0 amide bonds. The number of ether oxygens (including phenoxy) is 5. The van der Waals surface area contributed by atoms with Gasteiger partial charge in [-0.2, -0.15) is 0 Å². The van der Waals surface area contributed by atoms with Gasteiger partial charge in [0.25, 0.3) is 0 Å². The highest BCUT2D eigenvalue weighted by atomic mass is 16.6. The van der Waals surface area contributed by atoms with Crippen molar-refractivity contribution in [1.29, 1.82) is 0 Å². The molecule has 7 unspecified atom stereocenters. The molecule has 0 aliphatic carbocycles. The van der Waals surface area contributed by atoms with Gasteiger partial charge in [-0.1, -0.05) is 13.8 Å². The van der Waals surface area contributed by atoms with Gasteiger partial charge in [0.1, 0.15) is 24.4 Å². The summed E-state index contributed by atoms with van der Waals surface area (Å²) in [5.41, 5.74) is -0.240. The largest absolute Gasteiger partial charge is 0.375 e. The molecule has 0 N–H and O–H groups in total. The first-order chi connectivity index (χ1) is 11.8. The lowest BCUT2D eigenvalue weighted by Gasteiger charge is -2.35. The van der Waals surface area contributed by atoms with Crippen LogP contribution < -0.4 is 0 Å². The highest BCUT2D eigenvalue weighted by molar-refractivity contribution is 4.97. The van der Waals surface area contributed by atoms with E-state index in [0.717, 1.165) is 19.3 Å². The predicted octanol–water partition coefficient (Wildman–Crippen LogP) is 3.73. The van der Waals surface area contributed by atoms with Gasteiger partial charge in [0.2, 0.25) is 0 Å². The van der Waals surface area contributed by atoms with Crippen LogP contribution in [0.5, 0.6) is 0 Å². The molecule has 25 heavy (non-hydrogen) atoms. The summed E-state index contributed by atoms with van der Waals surface area (Å²) >= 11 is 0. The van der Waals surface area contributed by atoms with Gasteiger partial charge in [-0.05, 0) is 47.5 Å². The molecule has 0 aromatic heterocycles. The molecule has 2 heterocycles. The van der Waals surface area contributed by atoms with E-state index in [-0.39, 0.29) is 48.3 Å². The van der Waals surface area contributed by atoms with Crippen molar-refractivity contribution >= 4 is 0 Å². The Labute approximate surface area is 153 Å². The molecule has 148 valence electrons. The Bertz CT molecular complexity index is 402. The van der Waals surface area contributed by atoms with Crippen LogP contribution in [0.15, 0.2) is 0 Å². The summed E-state index contributed by atoms with van der Waals surface area (Å²) in [7, 11) is 0. The molecule has 2 rings (SSSR count). The third-order valence-corrected chi connectivity index (χ3v) is 5.35. The Hall–Kier alpha value is -0.200. The van der Waals surface area contributed by atoms with Crippen molar-refractivity contribution in [3.63, 3.8) is 0 Å². The van der Waals surface area contributed by atoms with E-state index in [4.69, 9.17) is 23.7 Å². The molecule has 2 saturated heterocycles. The topological polar surface area (TPSA) is 46.2 Å². The molecule has 2 fully saturated rings. The molecule has 0 aromatic carbocycles. The van der Waals surface area contributed by atoms with Crippen LogP contribution >= 0.6 is 0 Å². The van der Waals surface area contributed by atoms with Gasteiger partial charge in [0.15, 0.2) is 0 Å². The van der Waals surface area contributed by atoms with Crippen LogP contribution in [0, 0.1) is 0 Å². The maximum atomic E-state index is 6.52. The maximum Gasteiger partial charge on any atom is 0.115 e.